The second-order valence-corrected chi connectivity index (χ2v) is 5.89. The van der Waals surface area contributed by atoms with Gasteiger partial charge in [0.05, 0.1) is 0 Å². The van der Waals surface area contributed by atoms with Crippen molar-refractivity contribution in [2.75, 3.05) is 19.6 Å². The first-order valence-corrected chi connectivity index (χ1v) is 8.13. The molecule has 3 rings (SSSR count). The van der Waals surface area contributed by atoms with Crippen LogP contribution in [0.5, 0.6) is 0 Å². The Labute approximate surface area is 148 Å². The summed E-state index contributed by atoms with van der Waals surface area (Å²) < 4.78 is 0. The van der Waals surface area contributed by atoms with E-state index < -0.39 is 29.9 Å². The number of imide groups is 1. The number of amides is 4. The minimum atomic E-state index is -1.34. The molecule has 9 heteroatoms. The molecule has 1 atom stereocenters. The Bertz CT molecular complexity index is 890. The first kappa shape index (κ1) is 17.5. The van der Waals surface area contributed by atoms with Crippen LogP contribution < -0.4 is 5.32 Å². The second-order valence-electron chi connectivity index (χ2n) is 5.89. The van der Waals surface area contributed by atoms with Crippen LogP contribution in [0.1, 0.15) is 18.5 Å². The Morgan fingerprint density at radius 3 is 2.69 bits per heavy atom. The number of urea groups is 1. The Morgan fingerprint density at radius 2 is 2.00 bits per heavy atom. The fourth-order valence-electron chi connectivity index (χ4n) is 2.91. The van der Waals surface area contributed by atoms with Crippen molar-refractivity contribution in [2.45, 2.75) is 13.0 Å². The predicted octanol–water partition coefficient (Wildman–Crippen LogP) is 0.694. The highest BCUT2D eigenvalue weighted by atomic mass is 16.4. The molecule has 4 amide bonds. The van der Waals surface area contributed by atoms with Crippen LogP contribution in [-0.2, 0) is 14.4 Å². The minimum Gasteiger partial charge on any atom is -0.479 e. The number of H-pyrrole nitrogens is 1. The number of aromatic nitrogens is 1. The number of hydrogen-bond acceptors (Lipinski definition) is 4. The maximum absolute atomic E-state index is 12.4. The zero-order chi connectivity index (χ0) is 18.8. The van der Waals surface area contributed by atoms with Gasteiger partial charge in [-0.05, 0) is 36.1 Å². The van der Waals surface area contributed by atoms with E-state index in [1.807, 2.05) is 0 Å². The van der Waals surface area contributed by atoms with Crippen LogP contribution in [0.15, 0.2) is 30.5 Å². The molecule has 0 spiro atoms. The highest BCUT2D eigenvalue weighted by Gasteiger charge is 2.37. The fourth-order valence-corrected chi connectivity index (χ4v) is 2.91. The normalized spacial score (nSPS) is 16.0. The average Bonchev–Trinajstić information content (AvgIpc) is 3.09. The molecule has 1 aliphatic rings. The molecule has 1 aromatic heterocycles. The Morgan fingerprint density at radius 1 is 1.23 bits per heavy atom. The molecule has 26 heavy (non-hydrogen) atoms. The first-order valence-electron chi connectivity index (χ1n) is 8.13. The van der Waals surface area contributed by atoms with Crippen molar-refractivity contribution >= 4 is 34.7 Å². The van der Waals surface area contributed by atoms with Gasteiger partial charge in [-0.15, -0.1) is 0 Å². The molecule has 1 saturated heterocycles. The number of nitrogens with one attached hydrogen (secondary N) is 2. The lowest BCUT2D eigenvalue weighted by Crippen LogP contribution is -2.58. The van der Waals surface area contributed by atoms with E-state index >= 15 is 0 Å². The van der Waals surface area contributed by atoms with Crippen molar-refractivity contribution in [2.24, 2.45) is 0 Å². The number of likely N-dealkylation sites (N-methyl/N-ethyl adjacent to an activating group) is 1. The number of carboxylic acids is 1. The summed E-state index contributed by atoms with van der Waals surface area (Å²) >= 11 is 0. The van der Waals surface area contributed by atoms with Gasteiger partial charge in [0.15, 0.2) is 6.04 Å². The highest BCUT2D eigenvalue weighted by Crippen LogP contribution is 2.20. The van der Waals surface area contributed by atoms with Crippen LogP contribution >= 0.6 is 0 Å². The zero-order valence-corrected chi connectivity index (χ0v) is 14.1. The van der Waals surface area contributed by atoms with Crippen LogP contribution in [0.4, 0.5) is 4.79 Å². The van der Waals surface area contributed by atoms with Crippen molar-refractivity contribution < 1.29 is 24.3 Å². The topological polar surface area (TPSA) is 123 Å². The van der Waals surface area contributed by atoms with Crippen LogP contribution in [0.25, 0.3) is 10.9 Å². The Balaban J connectivity index is 1.79. The number of piperazine rings is 1. The van der Waals surface area contributed by atoms with Gasteiger partial charge in [-0.1, -0.05) is 6.07 Å². The number of rotatable bonds is 4. The average molecular weight is 358 g/mol. The number of hydrogen-bond donors (Lipinski definition) is 3. The van der Waals surface area contributed by atoms with Crippen molar-refractivity contribution in [3.05, 3.63) is 36.0 Å². The summed E-state index contributed by atoms with van der Waals surface area (Å²) in [6.07, 6.45) is 1.72. The summed E-state index contributed by atoms with van der Waals surface area (Å²) in [5.74, 6) is -2.99. The van der Waals surface area contributed by atoms with Crippen molar-refractivity contribution in [1.82, 2.24) is 20.1 Å². The number of benzene rings is 1. The number of carbonyl (C=O) groups is 4. The molecule has 0 saturated carbocycles. The Kier molecular flexibility index (Phi) is 4.61. The van der Waals surface area contributed by atoms with Gasteiger partial charge in [0, 0.05) is 31.3 Å². The summed E-state index contributed by atoms with van der Waals surface area (Å²) in [7, 11) is 0. The van der Waals surface area contributed by atoms with Gasteiger partial charge in [0.1, 0.15) is 0 Å². The number of fused-ring (bicyclic) bond motifs is 1. The molecule has 0 unspecified atom stereocenters. The summed E-state index contributed by atoms with van der Waals surface area (Å²) in [5.41, 5.74) is 1.20. The van der Waals surface area contributed by atoms with Gasteiger partial charge >= 0.3 is 23.8 Å². The lowest BCUT2D eigenvalue weighted by atomic mass is 10.1. The first-order chi connectivity index (χ1) is 12.4. The third-order valence-corrected chi connectivity index (χ3v) is 4.36. The van der Waals surface area contributed by atoms with Crippen LogP contribution in [0, 0.1) is 0 Å². The summed E-state index contributed by atoms with van der Waals surface area (Å²) in [4.78, 5) is 53.1. The molecule has 2 heterocycles. The van der Waals surface area contributed by atoms with Gasteiger partial charge in [-0.3, -0.25) is 14.5 Å². The molecule has 1 fully saturated rings. The van der Waals surface area contributed by atoms with Gasteiger partial charge < -0.3 is 20.3 Å². The second kappa shape index (κ2) is 6.87. The summed E-state index contributed by atoms with van der Waals surface area (Å²) in [6.45, 7) is 2.35. The predicted molar refractivity (Wildman–Crippen MR) is 91.2 cm³/mol. The molecule has 0 radical (unpaired) electrons. The van der Waals surface area contributed by atoms with E-state index in [1.54, 1.807) is 37.4 Å². The van der Waals surface area contributed by atoms with E-state index in [0.717, 1.165) is 15.8 Å². The maximum atomic E-state index is 12.4. The van der Waals surface area contributed by atoms with Crippen LogP contribution in [0.3, 0.4) is 0 Å². The molecule has 1 aliphatic heterocycles. The summed E-state index contributed by atoms with van der Waals surface area (Å²) in [5, 5.41) is 12.6. The van der Waals surface area contributed by atoms with Gasteiger partial charge in [0.25, 0.3) is 0 Å². The third-order valence-electron chi connectivity index (χ3n) is 4.36. The fraction of sp³-hybridized carbons (Fsp3) is 0.294. The van der Waals surface area contributed by atoms with Gasteiger partial charge in [0.2, 0.25) is 0 Å². The van der Waals surface area contributed by atoms with E-state index in [-0.39, 0.29) is 13.1 Å². The van der Waals surface area contributed by atoms with Crippen LogP contribution in [-0.4, -0.2) is 63.3 Å². The SMILES string of the molecule is CCN1CCN(C(=O)N[C@@H](C(=O)O)c2ccc3[nH]ccc3c2)C(=O)C1=O. The lowest BCUT2D eigenvalue weighted by molar-refractivity contribution is -0.153. The standard InChI is InChI=1S/C17H18N4O5/c1-2-20-7-8-21(15(23)14(20)22)17(26)19-13(16(24)25)11-3-4-12-10(9-11)5-6-18-12/h3-6,9,13,18H,2,7-8H2,1H3,(H,19,26)(H,24,25)/t13-/m1/s1. The van der Waals surface area contributed by atoms with E-state index in [0.29, 0.717) is 12.1 Å². The third kappa shape index (κ3) is 3.10. The van der Waals surface area contributed by atoms with E-state index in [1.165, 1.54) is 4.90 Å². The van der Waals surface area contributed by atoms with Crippen molar-refractivity contribution in [3.8, 4) is 0 Å². The quantitative estimate of drug-likeness (QED) is 0.694. The highest BCUT2D eigenvalue weighted by molar-refractivity contribution is 6.38. The monoisotopic (exact) mass is 358 g/mol. The number of carbonyl (C=O) groups excluding carboxylic acids is 3. The molecule has 3 N–H and O–H groups in total. The molecule has 0 aliphatic carbocycles. The van der Waals surface area contributed by atoms with Crippen molar-refractivity contribution in [1.29, 1.82) is 0 Å². The molecule has 2 aromatic rings. The Hall–Kier alpha value is -3.36. The van der Waals surface area contributed by atoms with Gasteiger partial charge in [-0.25, -0.2) is 9.59 Å². The number of aliphatic carboxylic acids is 1. The van der Waals surface area contributed by atoms with Gasteiger partial charge in [-0.2, -0.15) is 0 Å². The largest absolute Gasteiger partial charge is 0.479 e. The lowest BCUT2D eigenvalue weighted by Gasteiger charge is -2.32. The molecule has 0 bridgehead atoms. The molecule has 9 nitrogen and oxygen atoms in total. The molecule has 1 aromatic carbocycles. The van der Waals surface area contributed by atoms with E-state index in [2.05, 4.69) is 10.3 Å². The van der Waals surface area contributed by atoms with Crippen molar-refractivity contribution in [3.63, 3.8) is 0 Å². The molecule has 136 valence electrons. The van der Waals surface area contributed by atoms with Crippen LogP contribution in [0.2, 0.25) is 0 Å². The van der Waals surface area contributed by atoms with E-state index in [4.69, 9.17) is 0 Å². The zero-order valence-electron chi connectivity index (χ0n) is 14.1. The van der Waals surface area contributed by atoms with E-state index in [9.17, 15) is 24.3 Å². The molecular formula is C17H18N4O5. The summed E-state index contributed by atoms with van der Waals surface area (Å²) in [6, 6.07) is 4.48. The maximum Gasteiger partial charge on any atom is 0.330 e. The minimum absolute atomic E-state index is 0.0213. The number of aromatic amines is 1. The molecular weight excluding hydrogens is 340 g/mol. The smallest absolute Gasteiger partial charge is 0.330 e. The number of carboxylic acid groups (broad SMARTS) is 1. The number of nitrogens with zero attached hydrogens (tertiary/aromatic N) is 2.